The van der Waals surface area contributed by atoms with E-state index in [2.05, 4.69) is 36.2 Å². The maximum Gasteiger partial charge on any atom is 0.248 e. The van der Waals surface area contributed by atoms with E-state index in [-0.39, 0.29) is 6.79 Å². The number of fused-ring (bicyclic) bond motifs is 2. The van der Waals surface area contributed by atoms with Crippen LogP contribution in [0.3, 0.4) is 0 Å². The minimum absolute atomic E-state index is 0.171. The van der Waals surface area contributed by atoms with Gasteiger partial charge in [0.15, 0.2) is 17.3 Å². The number of hydrogen-bond acceptors (Lipinski definition) is 7. The van der Waals surface area contributed by atoms with E-state index >= 15 is 0 Å². The SMILES string of the molecule is CCN(CC)c1ccc(-c2nc3n(n2)C(c2ccc4c(c2)OCO4)C(C(N)=O)=C(C)N3)cc1. The predicted octanol–water partition coefficient (Wildman–Crippen LogP) is 3.29. The van der Waals surface area contributed by atoms with Crippen LogP contribution in [0.4, 0.5) is 11.6 Å². The second kappa shape index (κ2) is 8.16. The first-order valence-electron chi connectivity index (χ1n) is 11.0. The van der Waals surface area contributed by atoms with Crippen molar-refractivity contribution in [3.05, 3.63) is 59.3 Å². The molecule has 33 heavy (non-hydrogen) atoms. The second-order valence-electron chi connectivity index (χ2n) is 7.97. The van der Waals surface area contributed by atoms with Crippen LogP contribution in [0.5, 0.6) is 11.5 Å². The monoisotopic (exact) mass is 446 g/mol. The van der Waals surface area contributed by atoms with Crippen molar-refractivity contribution in [2.45, 2.75) is 26.8 Å². The third-order valence-electron chi connectivity index (χ3n) is 6.08. The van der Waals surface area contributed by atoms with Crippen molar-refractivity contribution >= 4 is 17.5 Å². The highest BCUT2D eigenvalue weighted by Crippen LogP contribution is 2.40. The number of aromatic nitrogens is 3. The van der Waals surface area contributed by atoms with Crippen LogP contribution in [0.2, 0.25) is 0 Å². The van der Waals surface area contributed by atoms with Gasteiger partial charge in [0.05, 0.1) is 5.57 Å². The number of nitrogens with two attached hydrogens (primary N) is 1. The molecular formula is C24H26N6O3. The second-order valence-corrected chi connectivity index (χ2v) is 7.97. The third-order valence-corrected chi connectivity index (χ3v) is 6.08. The van der Waals surface area contributed by atoms with Crippen LogP contribution in [0, 0.1) is 0 Å². The number of carbonyl (C=O) groups is 1. The molecule has 2 aliphatic heterocycles. The van der Waals surface area contributed by atoms with Gasteiger partial charge in [-0.05, 0) is 62.7 Å². The molecule has 3 aromatic rings. The van der Waals surface area contributed by atoms with Crippen molar-refractivity contribution in [3.63, 3.8) is 0 Å². The number of hydrogen-bond donors (Lipinski definition) is 2. The Morgan fingerprint density at radius 1 is 1.15 bits per heavy atom. The zero-order chi connectivity index (χ0) is 23.1. The van der Waals surface area contributed by atoms with Crippen molar-refractivity contribution in [2.75, 3.05) is 30.1 Å². The first-order valence-corrected chi connectivity index (χ1v) is 11.0. The molecule has 1 aromatic heterocycles. The van der Waals surface area contributed by atoms with Gasteiger partial charge >= 0.3 is 0 Å². The maximum atomic E-state index is 12.4. The highest BCUT2D eigenvalue weighted by Gasteiger charge is 2.34. The van der Waals surface area contributed by atoms with Crippen molar-refractivity contribution in [1.29, 1.82) is 0 Å². The highest BCUT2D eigenvalue weighted by atomic mass is 16.7. The lowest BCUT2D eigenvalue weighted by Crippen LogP contribution is -2.31. The molecule has 0 radical (unpaired) electrons. The van der Waals surface area contributed by atoms with E-state index in [0.29, 0.717) is 34.5 Å². The number of primary amides is 1. The fourth-order valence-corrected chi connectivity index (χ4v) is 4.39. The molecular weight excluding hydrogens is 420 g/mol. The molecule has 2 aromatic carbocycles. The molecule has 3 N–H and O–H groups in total. The number of nitrogens with one attached hydrogen (secondary N) is 1. The first kappa shape index (κ1) is 20.9. The quantitative estimate of drug-likeness (QED) is 0.598. The van der Waals surface area contributed by atoms with Gasteiger partial charge in [0.25, 0.3) is 0 Å². The number of rotatable bonds is 6. The summed E-state index contributed by atoms with van der Waals surface area (Å²) in [6, 6.07) is 13.2. The Morgan fingerprint density at radius 3 is 2.58 bits per heavy atom. The van der Waals surface area contributed by atoms with Gasteiger partial charge in [0.1, 0.15) is 6.04 Å². The molecule has 1 atom stereocenters. The number of carbonyl (C=O) groups excluding carboxylic acids is 1. The number of nitrogens with zero attached hydrogens (tertiary/aromatic N) is 4. The number of allylic oxidation sites excluding steroid dienone is 1. The average molecular weight is 447 g/mol. The summed E-state index contributed by atoms with van der Waals surface area (Å²) < 4.78 is 12.7. The summed E-state index contributed by atoms with van der Waals surface area (Å²) in [7, 11) is 0. The zero-order valence-corrected chi connectivity index (χ0v) is 18.8. The molecule has 9 heteroatoms. The van der Waals surface area contributed by atoms with Crippen LogP contribution in [0.1, 0.15) is 32.4 Å². The van der Waals surface area contributed by atoms with Crippen LogP contribution < -0.4 is 25.4 Å². The summed E-state index contributed by atoms with van der Waals surface area (Å²) in [6.07, 6.45) is 0. The topological polar surface area (TPSA) is 108 Å². The summed E-state index contributed by atoms with van der Waals surface area (Å²) in [5.74, 6) is 1.88. The molecule has 3 heterocycles. The van der Waals surface area contributed by atoms with E-state index in [1.165, 1.54) is 0 Å². The lowest BCUT2D eigenvalue weighted by molar-refractivity contribution is -0.115. The lowest BCUT2D eigenvalue weighted by Gasteiger charge is -2.27. The van der Waals surface area contributed by atoms with E-state index < -0.39 is 11.9 Å². The van der Waals surface area contributed by atoms with E-state index in [1.807, 2.05) is 37.3 Å². The molecule has 1 amide bonds. The number of anilines is 2. The fourth-order valence-electron chi connectivity index (χ4n) is 4.39. The van der Waals surface area contributed by atoms with Crippen molar-refractivity contribution < 1.29 is 14.3 Å². The summed E-state index contributed by atoms with van der Waals surface area (Å²) in [5, 5.41) is 7.96. The standard InChI is InChI=1S/C24H26N6O3/c1-4-29(5-2)17-9-6-15(7-10-17)23-27-24-26-14(3)20(22(25)31)21(30(24)28-23)16-8-11-18-19(12-16)33-13-32-18/h6-12,21H,4-5,13H2,1-3H3,(H2,25,31)(H,26,27,28). The summed E-state index contributed by atoms with van der Waals surface area (Å²) >= 11 is 0. The van der Waals surface area contributed by atoms with Gasteiger partial charge in [0.2, 0.25) is 18.6 Å². The largest absolute Gasteiger partial charge is 0.454 e. The van der Waals surface area contributed by atoms with Crippen molar-refractivity contribution in [3.8, 4) is 22.9 Å². The summed E-state index contributed by atoms with van der Waals surface area (Å²) in [5.41, 5.74) is 9.70. The minimum atomic E-state index is -0.538. The molecule has 0 saturated heterocycles. The Bertz CT molecular complexity index is 1240. The Kier molecular flexibility index (Phi) is 5.16. The van der Waals surface area contributed by atoms with Gasteiger partial charge in [-0.15, -0.1) is 5.10 Å². The summed E-state index contributed by atoms with van der Waals surface area (Å²) in [4.78, 5) is 19.4. The minimum Gasteiger partial charge on any atom is -0.454 e. The van der Waals surface area contributed by atoms with Gasteiger partial charge in [-0.3, -0.25) is 4.79 Å². The van der Waals surface area contributed by atoms with Gasteiger partial charge < -0.3 is 25.4 Å². The first-order chi connectivity index (χ1) is 16.0. The van der Waals surface area contributed by atoms with Crippen LogP contribution in [0.25, 0.3) is 11.4 Å². The zero-order valence-electron chi connectivity index (χ0n) is 18.8. The molecule has 0 spiro atoms. The van der Waals surface area contributed by atoms with Crippen LogP contribution in [0.15, 0.2) is 53.7 Å². The Hall–Kier alpha value is -4.01. The lowest BCUT2D eigenvalue weighted by atomic mass is 9.95. The maximum absolute atomic E-state index is 12.4. The Morgan fingerprint density at radius 2 is 1.88 bits per heavy atom. The van der Waals surface area contributed by atoms with Gasteiger partial charge in [0, 0.05) is 30.0 Å². The predicted molar refractivity (Wildman–Crippen MR) is 125 cm³/mol. The molecule has 170 valence electrons. The molecule has 0 fully saturated rings. The van der Waals surface area contributed by atoms with E-state index in [1.54, 1.807) is 4.68 Å². The van der Waals surface area contributed by atoms with Gasteiger partial charge in [-0.25, -0.2) is 4.68 Å². The molecule has 0 aliphatic carbocycles. The average Bonchev–Trinajstić information content (AvgIpc) is 3.45. The van der Waals surface area contributed by atoms with Crippen LogP contribution >= 0.6 is 0 Å². The van der Waals surface area contributed by atoms with Crippen LogP contribution in [-0.4, -0.2) is 40.6 Å². The molecule has 0 bridgehead atoms. The molecule has 1 unspecified atom stereocenters. The Labute approximate surface area is 191 Å². The fraction of sp³-hybridized carbons (Fsp3) is 0.292. The van der Waals surface area contributed by atoms with Gasteiger partial charge in [-0.2, -0.15) is 4.98 Å². The number of benzene rings is 2. The highest BCUT2D eigenvalue weighted by molar-refractivity contribution is 5.95. The number of ether oxygens (including phenoxy) is 2. The van der Waals surface area contributed by atoms with Crippen molar-refractivity contribution in [1.82, 2.24) is 14.8 Å². The molecule has 2 aliphatic rings. The number of amides is 1. The molecule has 5 rings (SSSR count). The molecule has 9 nitrogen and oxygen atoms in total. The smallest absolute Gasteiger partial charge is 0.248 e. The van der Waals surface area contributed by atoms with Gasteiger partial charge in [-0.1, -0.05) is 6.07 Å². The third kappa shape index (κ3) is 3.55. The van der Waals surface area contributed by atoms with Crippen LogP contribution in [-0.2, 0) is 4.79 Å². The van der Waals surface area contributed by atoms with E-state index in [9.17, 15) is 4.79 Å². The normalized spacial score (nSPS) is 16.4. The molecule has 0 saturated carbocycles. The van der Waals surface area contributed by atoms with Crippen molar-refractivity contribution in [2.24, 2.45) is 5.73 Å². The Balaban J connectivity index is 1.57. The van der Waals surface area contributed by atoms with E-state index in [4.69, 9.17) is 25.3 Å². The summed E-state index contributed by atoms with van der Waals surface area (Å²) in [6.45, 7) is 8.14. The van der Waals surface area contributed by atoms with E-state index in [0.717, 1.165) is 29.9 Å².